The van der Waals surface area contributed by atoms with E-state index in [1.54, 1.807) is 6.92 Å². The van der Waals surface area contributed by atoms with Crippen LogP contribution in [0.2, 0.25) is 0 Å². The molecule has 0 unspecified atom stereocenters. The van der Waals surface area contributed by atoms with Crippen LogP contribution in [0.5, 0.6) is 0 Å². The summed E-state index contributed by atoms with van der Waals surface area (Å²) in [5.74, 6) is -3.26. The molecular formula is C11H8F2N4O3. The highest BCUT2D eigenvalue weighted by molar-refractivity contribution is 6.04. The Morgan fingerprint density at radius 1 is 1.40 bits per heavy atom. The van der Waals surface area contributed by atoms with Crippen molar-refractivity contribution in [2.24, 2.45) is 0 Å². The number of benzene rings is 1. The molecule has 0 aliphatic heterocycles. The van der Waals surface area contributed by atoms with Gasteiger partial charge in [-0.2, -0.15) is 9.49 Å². The van der Waals surface area contributed by atoms with Gasteiger partial charge in [0.2, 0.25) is 5.82 Å². The number of hydrogen-bond donors (Lipinski definition) is 2. The summed E-state index contributed by atoms with van der Waals surface area (Å²) in [6, 6.07) is 0.846. The third-order valence-corrected chi connectivity index (χ3v) is 2.55. The van der Waals surface area contributed by atoms with E-state index in [9.17, 15) is 23.7 Å². The van der Waals surface area contributed by atoms with Gasteiger partial charge in [0, 0.05) is 17.7 Å². The van der Waals surface area contributed by atoms with Gasteiger partial charge in [-0.3, -0.25) is 20.0 Å². The third-order valence-electron chi connectivity index (χ3n) is 2.55. The molecule has 0 saturated carbocycles. The summed E-state index contributed by atoms with van der Waals surface area (Å²) in [5.41, 5.74) is -1.01. The van der Waals surface area contributed by atoms with Gasteiger partial charge in [0.15, 0.2) is 0 Å². The van der Waals surface area contributed by atoms with Crippen molar-refractivity contribution in [2.75, 3.05) is 5.32 Å². The van der Waals surface area contributed by atoms with Crippen molar-refractivity contribution >= 4 is 17.4 Å². The van der Waals surface area contributed by atoms with Crippen LogP contribution in [0.15, 0.2) is 18.3 Å². The average Bonchev–Trinajstić information content (AvgIpc) is 2.74. The number of carbonyl (C=O) groups excluding carboxylic acids is 1. The lowest BCUT2D eigenvalue weighted by Gasteiger charge is -2.05. The maximum absolute atomic E-state index is 13.5. The molecule has 1 heterocycles. The van der Waals surface area contributed by atoms with Crippen LogP contribution in [-0.2, 0) is 0 Å². The van der Waals surface area contributed by atoms with Crippen molar-refractivity contribution in [3.05, 3.63) is 51.2 Å². The van der Waals surface area contributed by atoms with Crippen LogP contribution >= 0.6 is 0 Å². The molecule has 0 atom stereocenters. The minimum Gasteiger partial charge on any atom is -0.307 e. The fraction of sp³-hybridized carbons (Fsp3) is 0.0909. The Morgan fingerprint density at radius 2 is 2.10 bits per heavy atom. The number of nitro groups is 1. The lowest BCUT2D eigenvalue weighted by atomic mass is 10.1. The van der Waals surface area contributed by atoms with Crippen LogP contribution in [0.1, 0.15) is 15.9 Å². The number of amides is 1. The molecule has 2 N–H and O–H groups in total. The van der Waals surface area contributed by atoms with Gasteiger partial charge >= 0.3 is 5.69 Å². The highest BCUT2D eigenvalue weighted by Crippen LogP contribution is 2.22. The van der Waals surface area contributed by atoms with Crippen LogP contribution in [0, 0.1) is 28.7 Å². The fourth-order valence-electron chi connectivity index (χ4n) is 1.51. The molecule has 0 radical (unpaired) electrons. The molecule has 0 spiro atoms. The van der Waals surface area contributed by atoms with Gasteiger partial charge in [-0.05, 0) is 6.92 Å². The van der Waals surface area contributed by atoms with Gasteiger partial charge in [0.1, 0.15) is 11.6 Å². The Morgan fingerprint density at radius 3 is 2.65 bits per heavy atom. The van der Waals surface area contributed by atoms with Crippen molar-refractivity contribution in [2.45, 2.75) is 6.92 Å². The first-order chi connectivity index (χ1) is 9.40. The number of H-pyrrole nitrogens is 1. The molecule has 1 aromatic heterocycles. The molecule has 1 amide bonds. The summed E-state index contributed by atoms with van der Waals surface area (Å²) in [4.78, 5) is 21.4. The van der Waals surface area contributed by atoms with Crippen LogP contribution in [-0.4, -0.2) is 21.0 Å². The number of nitrogens with one attached hydrogen (secondary N) is 2. The summed E-state index contributed by atoms with van der Waals surface area (Å²) in [7, 11) is 0. The summed E-state index contributed by atoms with van der Waals surface area (Å²) < 4.78 is 26.7. The first kappa shape index (κ1) is 13.6. The van der Waals surface area contributed by atoms with E-state index in [1.165, 1.54) is 6.20 Å². The van der Waals surface area contributed by atoms with Crippen molar-refractivity contribution < 1.29 is 18.5 Å². The summed E-state index contributed by atoms with van der Waals surface area (Å²) >= 11 is 0. The predicted molar refractivity (Wildman–Crippen MR) is 64.3 cm³/mol. The minimum atomic E-state index is -1.35. The van der Waals surface area contributed by atoms with E-state index >= 15 is 0 Å². The average molecular weight is 282 g/mol. The number of aromatic amines is 1. The molecule has 0 bridgehead atoms. The van der Waals surface area contributed by atoms with Gasteiger partial charge in [0.25, 0.3) is 5.91 Å². The minimum absolute atomic E-state index is 0.223. The summed E-state index contributed by atoms with van der Waals surface area (Å²) in [6.45, 7) is 1.64. The van der Waals surface area contributed by atoms with E-state index in [4.69, 9.17) is 0 Å². The van der Waals surface area contributed by atoms with Crippen LogP contribution < -0.4 is 5.32 Å². The Labute approximate surface area is 110 Å². The Bertz CT molecular complexity index is 699. The number of nitro benzene ring substituents is 1. The number of carbonyl (C=O) groups is 1. The topological polar surface area (TPSA) is 101 Å². The number of halogens is 2. The Kier molecular flexibility index (Phi) is 3.42. The molecule has 7 nitrogen and oxygen atoms in total. The van der Waals surface area contributed by atoms with Crippen LogP contribution in [0.4, 0.5) is 20.3 Å². The second kappa shape index (κ2) is 5.03. The van der Waals surface area contributed by atoms with Crippen LogP contribution in [0.3, 0.4) is 0 Å². The second-order valence-corrected chi connectivity index (χ2v) is 3.92. The number of rotatable bonds is 3. The molecule has 9 heteroatoms. The van der Waals surface area contributed by atoms with E-state index < -0.39 is 33.7 Å². The monoisotopic (exact) mass is 282 g/mol. The molecule has 0 fully saturated rings. The summed E-state index contributed by atoms with van der Waals surface area (Å²) in [6.07, 6.45) is 1.43. The van der Waals surface area contributed by atoms with Gasteiger partial charge < -0.3 is 5.32 Å². The number of anilines is 1. The fourth-order valence-corrected chi connectivity index (χ4v) is 1.51. The van der Waals surface area contributed by atoms with Gasteiger partial charge in [-0.1, -0.05) is 0 Å². The molecule has 0 aliphatic carbocycles. The van der Waals surface area contributed by atoms with Crippen LogP contribution in [0.25, 0.3) is 0 Å². The van der Waals surface area contributed by atoms with Crippen molar-refractivity contribution in [3.63, 3.8) is 0 Å². The van der Waals surface area contributed by atoms with Gasteiger partial charge in [-0.15, -0.1) is 0 Å². The Hall–Kier alpha value is -2.84. The SMILES string of the molecule is Cc1cn[nH]c1NC(=O)c1cc([N+](=O)[O-])c(F)cc1F. The number of aromatic nitrogens is 2. The normalized spacial score (nSPS) is 10.3. The molecule has 104 valence electrons. The lowest BCUT2D eigenvalue weighted by Crippen LogP contribution is -2.15. The quantitative estimate of drug-likeness (QED) is 0.665. The second-order valence-electron chi connectivity index (χ2n) is 3.92. The number of nitrogens with zero attached hydrogens (tertiary/aromatic N) is 2. The van der Waals surface area contributed by atoms with Gasteiger partial charge in [-0.25, -0.2) is 4.39 Å². The van der Waals surface area contributed by atoms with Crippen molar-refractivity contribution in [3.8, 4) is 0 Å². The number of aryl methyl sites for hydroxylation is 1. The van der Waals surface area contributed by atoms with E-state index in [0.717, 1.165) is 0 Å². The standard InChI is InChI=1S/C11H8F2N4O3/c1-5-4-14-16-10(5)15-11(18)6-2-9(17(19)20)8(13)3-7(6)12/h2-4H,1H3,(H2,14,15,16,18). The lowest BCUT2D eigenvalue weighted by molar-refractivity contribution is -0.387. The zero-order valence-electron chi connectivity index (χ0n) is 10.1. The first-order valence-electron chi connectivity index (χ1n) is 5.35. The van der Waals surface area contributed by atoms with E-state index in [2.05, 4.69) is 15.5 Å². The highest BCUT2D eigenvalue weighted by atomic mass is 19.1. The molecule has 2 aromatic rings. The largest absolute Gasteiger partial charge is 0.307 e. The summed E-state index contributed by atoms with van der Waals surface area (Å²) in [5, 5.41) is 19.0. The first-order valence-corrected chi connectivity index (χ1v) is 5.35. The maximum atomic E-state index is 13.5. The zero-order chi connectivity index (χ0) is 14.9. The molecule has 0 aliphatic rings. The van der Waals surface area contributed by atoms with E-state index in [-0.39, 0.29) is 5.82 Å². The molecule has 1 aromatic carbocycles. The Balaban J connectivity index is 2.37. The zero-order valence-corrected chi connectivity index (χ0v) is 10.1. The van der Waals surface area contributed by atoms with Crippen molar-refractivity contribution in [1.82, 2.24) is 10.2 Å². The molecule has 2 rings (SSSR count). The van der Waals surface area contributed by atoms with E-state index in [1.807, 2.05) is 0 Å². The number of hydrogen-bond acceptors (Lipinski definition) is 4. The molecule has 0 saturated heterocycles. The third kappa shape index (κ3) is 2.46. The van der Waals surface area contributed by atoms with Crippen molar-refractivity contribution in [1.29, 1.82) is 0 Å². The van der Waals surface area contributed by atoms with E-state index in [0.29, 0.717) is 17.7 Å². The van der Waals surface area contributed by atoms with Gasteiger partial charge in [0.05, 0.1) is 16.7 Å². The molecule has 20 heavy (non-hydrogen) atoms. The molecular weight excluding hydrogens is 274 g/mol. The maximum Gasteiger partial charge on any atom is 0.305 e. The highest BCUT2D eigenvalue weighted by Gasteiger charge is 2.22. The predicted octanol–water partition coefficient (Wildman–Crippen LogP) is 2.16. The smallest absolute Gasteiger partial charge is 0.305 e.